The molecule has 1 unspecified atom stereocenters. The summed E-state index contributed by atoms with van der Waals surface area (Å²) in [6.07, 6.45) is 3.64. The monoisotopic (exact) mass is 217 g/mol. The molecule has 0 saturated carbocycles. The van der Waals surface area contributed by atoms with Gasteiger partial charge in [0.1, 0.15) is 0 Å². The number of hydrogen-bond donors (Lipinski definition) is 1. The Kier molecular flexibility index (Phi) is 6.65. The fourth-order valence-corrected chi connectivity index (χ4v) is 2.79. The SMILES string of the molecule is CCSCCN1CCCC(CCO)C1. The van der Waals surface area contributed by atoms with Gasteiger partial charge < -0.3 is 10.0 Å². The van der Waals surface area contributed by atoms with Gasteiger partial charge in [0.05, 0.1) is 0 Å². The number of rotatable bonds is 6. The Hall–Kier alpha value is 0.270. The maximum Gasteiger partial charge on any atom is 0.0434 e. The minimum absolute atomic E-state index is 0.363. The number of thioether (sulfide) groups is 1. The Morgan fingerprint density at radius 3 is 3.07 bits per heavy atom. The van der Waals surface area contributed by atoms with Crippen LogP contribution >= 0.6 is 11.8 Å². The molecule has 1 saturated heterocycles. The molecule has 1 rings (SSSR count). The van der Waals surface area contributed by atoms with Crippen LogP contribution in [-0.2, 0) is 0 Å². The lowest BCUT2D eigenvalue weighted by atomic mass is 9.95. The summed E-state index contributed by atoms with van der Waals surface area (Å²) in [7, 11) is 0. The second-order valence-corrected chi connectivity index (χ2v) is 5.41. The van der Waals surface area contributed by atoms with Crippen molar-refractivity contribution in [1.29, 1.82) is 0 Å². The highest BCUT2D eigenvalue weighted by Crippen LogP contribution is 2.19. The Morgan fingerprint density at radius 2 is 2.36 bits per heavy atom. The third-order valence-electron chi connectivity index (χ3n) is 2.90. The number of likely N-dealkylation sites (tertiary alicyclic amines) is 1. The molecular formula is C11H23NOS. The van der Waals surface area contributed by atoms with Crippen LogP contribution in [-0.4, -0.2) is 47.8 Å². The van der Waals surface area contributed by atoms with Crippen LogP contribution in [0.25, 0.3) is 0 Å². The molecule has 84 valence electrons. The first-order chi connectivity index (χ1) is 6.86. The van der Waals surface area contributed by atoms with Gasteiger partial charge >= 0.3 is 0 Å². The molecule has 0 bridgehead atoms. The molecule has 0 aromatic carbocycles. The molecule has 1 N–H and O–H groups in total. The van der Waals surface area contributed by atoms with Crippen molar-refractivity contribution in [1.82, 2.24) is 4.90 Å². The topological polar surface area (TPSA) is 23.5 Å². The van der Waals surface area contributed by atoms with Gasteiger partial charge in [0.15, 0.2) is 0 Å². The first-order valence-electron chi connectivity index (χ1n) is 5.77. The van der Waals surface area contributed by atoms with Gasteiger partial charge in [0, 0.05) is 25.4 Å². The average Bonchev–Trinajstić information content (AvgIpc) is 2.19. The van der Waals surface area contributed by atoms with Gasteiger partial charge in [-0.05, 0) is 37.5 Å². The Labute approximate surface area is 92.1 Å². The van der Waals surface area contributed by atoms with Gasteiger partial charge in [-0.3, -0.25) is 0 Å². The van der Waals surface area contributed by atoms with E-state index in [2.05, 4.69) is 11.8 Å². The molecule has 0 radical (unpaired) electrons. The summed E-state index contributed by atoms with van der Waals surface area (Å²) in [5.74, 6) is 3.25. The van der Waals surface area contributed by atoms with Crippen LogP contribution in [0.2, 0.25) is 0 Å². The van der Waals surface area contributed by atoms with E-state index >= 15 is 0 Å². The zero-order chi connectivity index (χ0) is 10.2. The van der Waals surface area contributed by atoms with Gasteiger partial charge in [-0.2, -0.15) is 11.8 Å². The molecule has 1 aliphatic heterocycles. The number of nitrogens with zero attached hydrogens (tertiary/aromatic N) is 1. The Bertz CT molecular complexity index is 141. The van der Waals surface area contributed by atoms with E-state index in [0.29, 0.717) is 6.61 Å². The summed E-state index contributed by atoms with van der Waals surface area (Å²) < 4.78 is 0. The Morgan fingerprint density at radius 1 is 1.50 bits per heavy atom. The number of hydrogen-bond acceptors (Lipinski definition) is 3. The lowest BCUT2D eigenvalue weighted by molar-refractivity contribution is 0.154. The van der Waals surface area contributed by atoms with Crippen molar-refractivity contribution >= 4 is 11.8 Å². The normalized spacial score (nSPS) is 24.0. The van der Waals surface area contributed by atoms with E-state index in [4.69, 9.17) is 5.11 Å². The van der Waals surface area contributed by atoms with Crippen LogP contribution in [0.4, 0.5) is 0 Å². The highest BCUT2D eigenvalue weighted by atomic mass is 32.2. The van der Waals surface area contributed by atoms with Crippen LogP contribution in [0.5, 0.6) is 0 Å². The molecule has 2 nitrogen and oxygen atoms in total. The van der Waals surface area contributed by atoms with Gasteiger partial charge in [-0.15, -0.1) is 0 Å². The third-order valence-corrected chi connectivity index (χ3v) is 3.78. The highest BCUT2D eigenvalue weighted by Gasteiger charge is 2.18. The van der Waals surface area contributed by atoms with Crippen molar-refractivity contribution < 1.29 is 5.11 Å². The number of aliphatic hydroxyl groups excluding tert-OH is 1. The minimum Gasteiger partial charge on any atom is -0.396 e. The first kappa shape index (κ1) is 12.3. The molecule has 1 atom stereocenters. The predicted octanol–water partition coefficient (Wildman–Crippen LogP) is 1.83. The van der Waals surface area contributed by atoms with E-state index < -0.39 is 0 Å². The highest BCUT2D eigenvalue weighted by molar-refractivity contribution is 7.99. The van der Waals surface area contributed by atoms with Crippen molar-refractivity contribution in [2.24, 2.45) is 5.92 Å². The molecule has 0 aromatic rings. The smallest absolute Gasteiger partial charge is 0.0434 e. The third kappa shape index (κ3) is 4.67. The van der Waals surface area contributed by atoms with Crippen molar-refractivity contribution in [3.8, 4) is 0 Å². The van der Waals surface area contributed by atoms with Crippen LogP contribution < -0.4 is 0 Å². The lowest BCUT2D eigenvalue weighted by Crippen LogP contribution is -2.37. The van der Waals surface area contributed by atoms with Gasteiger partial charge in [0.2, 0.25) is 0 Å². The van der Waals surface area contributed by atoms with Crippen molar-refractivity contribution in [3.63, 3.8) is 0 Å². The maximum absolute atomic E-state index is 8.90. The van der Waals surface area contributed by atoms with E-state index in [0.717, 1.165) is 12.3 Å². The number of piperidine rings is 1. The molecule has 0 aliphatic carbocycles. The maximum atomic E-state index is 8.90. The second kappa shape index (κ2) is 7.55. The van der Waals surface area contributed by atoms with Gasteiger partial charge in [-0.25, -0.2) is 0 Å². The standard InChI is InChI=1S/C11H23NOS/c1-2-14-9-7-12-6-3-4-11(10-12)5-8-13/h11,13H,2-10H2,1H3. The fourth-order valence-electron chi connectivity index (χ4n) is 2.11. The van der Waals surface area contributed by atoms with Crippen molar-refractivity contribution in [2.75, 3.05) is 37.7 Å². The quantitative estimate of drug-likeness (QED) is 0.687. The molecule has 0 spiro atoms. The average molecular weight is 217 g/mol. The van der Waals surface area contributed by atoms with Gasteiger partial charge in [0.25, 0.3) is 0 Å². The van der Waals surface area contributed by atoms with Crippen LogP contribution in [0, 0.1) is 5.92 Å². The molecule has 1 heterocycles. The first-order valence-corrected chi connectivity index (χ1v) is 6.93. The van der Waals surface area contributed by atoms with E-state index in [9.17, 15) is 0 Å². The molecule has 3 heteroatoms. The largest absolute Gasteiger partial charge is 0.396 e. The van der Waals surface area contributed by atoms with Crippen molar-refractivity contribution in [3.05, 3.63) is 0 Å². The summed E-state index contributed by atoms with van der Waals surface area (Å²) in [6, 6.07) is 0. The minimum atomic E-state index is 0.363. The second-order valence-electron chi connectivity index (χ2n) is 4.02. The van der Waals surface area contributed by atoms with E-state index in [1.807, 2.05) is 11.8 Å². The molecule has 0 aromatic heterocycles. The summed E-state index contributed by atoms with van der Waals surface area (Å²) in [4.78, 5) is 2.56. The summed E-state index contributed by atoms with van der Waals surface area (Å²) >= 11 is 2.03. The van der Waals surface area contributed by atoms with E-state index in [1.54, 1.807) is 0 Å². The Balaban J connectivity index is 2.12. The molecular weight excluding hydrogens is 194 g/mol. The van der Waals surface area contributed by atoms with Gasteiger partial charge in [-0.1, -0.05) is 6.92 Å². The molecule has 1 fully saturated rings. The van der Waals surface area contributed by atoms with E-state index in [1.165, 1.54) is 44.0 Å². The predicted molar refractivity (Wildman–Crippen MR) is 63.9 cm³/mol. The van der Waals surface area contributed by atoms with Crippen LogP contribution in [0.3, 0.4) is 0 Å². The summed E-state index contributed by atoms with van der Waals surface area (Å²) in [5, 5.41) is 8.90. The van der Waals surface area contributed by atoms with Crippen LogP contribution in [0.1, 0.15) is 26.2 Å². The molecule has 14 heavy (non-hydrogen) atoms. The zero-order valence-corrected chi connectivity index (χ0v) is 10.1. The zero-order valence-electron chi connectivity index (χ0n) is 9.24. The fraction of sp³-hybridized carbons (Fsp3) is 1.00. The molecule has 1 aliphatic rings. The summed E-state index contributed by atoms with van der Waals surface area (Å²) in [5.41, 5.74) is 0. The number of aliphatic hydroxyl groups is 1. The van der Waals surface area contributed by atoms with Crippen LogP contribution in [0.15, 0.2) is 0 Å². The van der Waals surface area contributed by atoms with Crippen molar-refractivity contribution in [2.45, 2.75) is 26.2 Å². The summed E-state index contributed by atoms with van der Waals surface area (Å²) in [6.45, 7) is 6.30. The van der Waals surface area contributed by atoms with E-state index in [-0.39, 0.29) is 0 Å². The molecule has 0 amide bonds. The lowest BCUT2D eigenvalue weighted by Gasteiger charge is -2.32.